The molecule has 0 spiro atoms. The average Bonchev–Trinajstić information content (AvgIpc) is 2.32. The molecule has 16 heavy (non-hydrogen) atoms. The summed E-state index contributed by atoms with van der Waals surface area (Å²) in [5, 5.41) is 12.6. The topological polar surface area (TPSA) is 71.2 Å². The molecular formula is C12H13N3O. The molecule has 0 aliphatic heterocycles. The van der Waals surface area contributed by atoms with E-state index >= 15 is 0 Å². The first-order chi connectivity index (χ1) is 7.77. The highest BCUT2D eigenvalue weighted by molar-refractivity contribution is 5.58. The van der Waals surface area contributed by atoms with Gasteiger partial charge in [0.15, 0.2) is 0 Å². The maximum Gasteiger partial charge on any atom is 0.138 e. The summed E-state index contributed by atoms with van der Waals surface area (Å²) >= 11 is 0. The van der Waals surface area contributed by atoms with Crippen molar-refractivity contribution in [3.05, 3.63) is 48.2 Å². The van der Waals surface area contributed by atoms with Crippen LogP contribution in [0.3, 0.4) is 0 Å². The molecule has 0 aliphatic rings. The number of nitrogens with zero attached hydrogens (tertiary/aromatic N) is 1. The Morgan fingerprint density at radius 1 is 1.19 bits per heavy atom. The molecule has 2 rings (SSSR count). The smallest absolute Gasteiger partial charge is 0.138 e. The predicted molar refractivity (Wildman–Crippen MR) is 64.1 cm³/mol. The van der Waals surface area contributed by atoms with Gasteiger partial charge >= 0.3 is 0 Å². The SMILES string of the molecule is Nc1c(O)cccc1CNc1ccccn1. The lowest BCUT2D eigenvalue weighted by Gasteiger charge is -2.08. The molecule has 0 atom stereocenters. The molecule has 0 radical (unpaired) electrons. The van der Waals surface area contributed by atoms with Crippen LogP contribution in [0, 0.1) is 0 Å². The Hall–Kier alpha value is -2.23. The minimum Gasteiger partial charge on any atom is -0.506 e. The van der Waals surface area contributed by atoms with Crippen molar-refractivity contribution >= 4 is 11.5 Å². The van der Waals surface area contributed by atoms with E-state index in [2.05, 4.69) is 10.3 Å². The molecule has 0 unspecified atom stereocenters. The minimum absolute atomic E-state index is 0.111. The van der Waals surface area contributed by atoms with E-state index in [-0.39, 0.29) is 5.75 Å². The lowest BCUT2D eigenvalue weighted by Crippen LogP contribution is -2.03. The molecule has 1 aromatic carbocycles. The summed E-state index contributed by atoms with van der Waals surface area (Å²) in [6, 6.07) is 10.8. The standard InChI is InChI=1S/C12H13N3O/c13-12-9(4-3-5-10(12)16)8-15-11-6-1-2-7-14-11/h1-7,16H,8,13H2,(H,14,15). The van der Waals surface area contributed by atoms with Gasteiger partial charge in [-0.05, 0) is 23.8 Å². The van der Waals surface area contributed by atoms with Crippen LogP contribution in [0.15, 0.2) is 42.6 Å². The molecule has 4 N–H and O–H groups in total. The number of pyridine rings is 1. The third-order valence-electron chi connectivity index (χ3n) is 2.30. The number of aromatic hydroxyl groups is 1. The molecule has 1 heterocycles. The summed E-state index contributed by atoms with van der Waals surface area (Å²) in [7, 11) is 0. The fourth-order valence-electron chi connectivity index (χ4n) is 1.41. The van der Waals surface area contributed by atoms with Crippen molar-refractivity contribution in [1.29, 1.82) is 0 Å². The van der Waals surface area contributed by atoms with Gasteiger partial charge in [-0.15, -0.1) is 0 Å². The molecule has 1 aromatic heterocycles. The second kappa shape index (κ2) is 4.53. The number of rotatable bonds is 3. The average molecular weight is 215 g/mol. The Labute approximate surface area is 93.8 Å². The summed E-state index contributed by atoms with van der Waals surface area (Å²) in [6.45, 7) is 0.539. The zero-order valence-corrected chi connectivity index (χ0v) is 8.72. The van der Waals surface area contributed by atoms with Gasteiger partial charge in [-0.2, -0.15) is 0 Å². The van der Waals surface area contributed by atoms with Crippen LogP contribution in [0.2, 0.25) is 0 Å². The third kappa shape index (κ3) is 2.23. The number of phenols is 1. The fourth-order valence-corrected chi connectivity index (χ4v) is 1.41. The molecule has 4 heteroatoms. The molecule has 0 saturated heterocycles. The van der Waals surface area contributed by atoms with Crippen LogP contribution < -0.4 is 11.1 Å². The van der Waals surface area contributed by atoms with Crippen LogP contribution in [0.5, 0.6) is 5.75 Å². The van der Waals surface area contributed by atoms with Crippen molar-refractivity contribution in [3.63, 3.8) is 0 Å². The number of nitrogens with one attached hydrogen (secondary N) is 1. The summed E-state index contributed by atoms with van der Waals surface area (Å²) in [4.78, 5) is 4.13. The van der Waals surface area contributed by atoms with Crippen LogP contribution in [0.25, 0.3) is 0 Å². The molecule has 4 nitrogen and oxygen atoms in total. The van der Waals surface area contributed by atoms with E-state index in [4.69, 9.17) is 5.73 Å². The summed E-state index contributed by atoms with van der Waals surface area (Å²) in [5.41, 5.74) is 7.00. The van der Waals surface area contributed by atoms with E-state index in [0.29, 0.717) is 12.2 Å². The highest BCUT2D eigenvalue weighted by Gasteiger charge is 2.02. The van der Waals surface area contributed by atoms with Crippen LogP contribution >= 0.6 is 0 Å². The van der Waals surface area contributed by atoms with Gasteiger partial charge in [0.1, 0.15) is 11.6 Å². The number of anilines is 2. The van der Waals surface area contributed by atoms with Gasteiger partial charge in [-0.1, -0.05) is 18.2 Å². The summed E-state index contributed by atoms with van der Waals surface area (Å²) in [5.74, 6) is 0.894. The number of nitrogens with two attached hydrogens (primary N) is 1. The van der Waals surface area contributed by atoms with Crippen LogP contribution in [-0.4, -0.2) is 10.1 Å². The van der Waals surface area contributed by atoms with Crippen LogP contribution in [0.4, 0.5) is 11.5 Å². The number of benzene rings is 1. The van der Waals surface area contributed by atoms with Crippen molar-refractivity contribution in [2.24, 2.45) is 0 Å². The van der Waals surface area contributed by atoms with Gasteiger partial charge < -0.3 is 16.2 Å². The zero-order valence-electron chi connectivity index (χ0n) is 8.72. The van der Waals surface area contributed by atoms with E-state index in [9.17, 15) is 5.11 Å². The van der Waals surface area contributed by atoms with Crippen molar-refractivity contribution in [1.82, 2.24) is 4.98 Å². The Morgan fingerprint density at radius 3 is 2.81 bits per heavy atom. The van der Waals surface area contributed by atoms with E-state index in [1.165, 1.54) is 0 Å². The number of para-hydroxylation sites is 1. The largest absolute Gasteiger partial charge is 0.506 e. The molecular weight excluding hydrogens is 202 g/mol. The molecule has 0 aliphatic carbocycles. The van der Waals surface area contributed by atoms with Gasteiger partial charge in [-0.3, -0.25) is 0 Å². The van der Waals surface area contributed by atoms with Crippen molar-refractivity contribution in [2.75, 3.05) is 11.1 Å². The second-order valence-electron chi connectivity index (χ2n) is 3.42. The Balaban J connectivity index is 2.08. The highest BCUT2D eigenvalue weighted by Crippen LogP contribution is 2.23. The highest BCUT2D eigenvalue weighted by atomic mass is 16.3. The van der Waals surface area contributed by atoms with Crippen molar-refractivity contribution in [3.8, 4) is 5.75 Å². The Kier molecular flexibility index (Phi) is 2.91. The number of nitrogen functional groups attached to an aromatic ring is 1. The van der Waals surface area contributed by atoms with E-state index < -0.39 is 0 Å². The second-order valence-corrected chi connectivity index (χ2v) is 3.42. The summed E-state index contributed by atoms with van der Waals surface area (Å²) < 4.78 is 0. The maximum atomic E-state index is 9.43. The van der Waals surface area contributed by atoms with Crippen molar-refractivity contribution in [2.45, 2.75) is 6.54 Å². The monoisotopic (exact) mass is 215 g/mol. The van der Waals surface area contributed by atoms with Crippen LogP contribution in [0.1, 0.15) is 5.56 Å². The molecule has 0 saturated carbocycles. The molecule has 82 valence electrons. The summed E-state index contributed by atoms with van der Waals surface area (Å²) in [6.07, 6.45) is 1.72. The van der Waals surface area contributed by atoms with Gasteiger partial charge in [0.2, 0.25) is 0 Å². The van der Waals surface area contributed by atoms with E-state index in [1.807, 2.05) is 24.3 Å². The lowest BCUT2D eigenvalue weighted by atomic mass is 10.1. The molecule has 0 bridgehead atoms. The predicted octanol–water partition coefficient (Wildman–Crippen LogP) is 1.98. The van der Waals surface area contributed by atoms with Gasteiger partial charge in [0.25, 0.3) is 0 Å². The first-order valence-electron chi connectivity index (χ1n) is 4.98. The van der Waals surface area contributed by atoms with E-state index in [1.54, 1.807) is 18.3 Å². The van der Waals surface area contributed by atoms with E-state index in [0.717, 1.165) is 11.4 Å². The first kappa shape index (κ1) is 10.3. The zero-order chi connectivity index (χ0) is 11.4. The molecule has 2 aromatic rings. The minimum atomic E-state index is 0.111. The Morgan fingerprint density at radius 2 is 2.06 bits per heavy atom. The van der Waals surface area contributed by atoms with Crippen molar-refractivity contribution < 1.29 is 5.11 Å². The van der Waals surface area contributed by atoms with Gasteiger partial charge in [0.05, 0.1) is 5.69 Å². The fraction of sp³-hybridized carbons (Fsp3) is 0.0833. The van der Waals surface area contributed by atoms with Crippen LogP contribution in [-0.2, 0) is 6.54 Å². The normalized spacial score (nSPS) is 10.0. The first-order valence-corrected chi connectivity index (χ1v) is 4.98. The lowest BCUT2D eigenvalue weighted by molar-refractivity contribution is 0.477. The van der Waals surface area contributed by atoms with Gasteiger partial charge in [-0.25, -0.2) is 4.98 Å². The molecule has 0 amide bonds. The van der Waals surface area contributed by atoms with Gasteiger partial charge in [0, 0.05) is 12.7 Å². The quantitative estimate of drug-likeness (QED) is 0.541. The number of aromatic nitrogens is 1. The number of hydrogen-bond donors (Lipinski definition) is 3. The maximum absolute atomic E-state index is 9.43. The molecule has 0 fully saturated rings. The third-order valence-corrected chi connectivity index (χ3v) is 2.30. The number of phenolic OH excluding ortho intramolecular Hbond substituents is 1. The number of hydrogen-bond acceptors (Lipinski definition) is 4. The Bertz CT molecular complexity index is 471.